The molecule has 10 nitrogen and oxygen atoms in total. The summed E-state index contributed by atoms with van der Waals surface area (Å²) in [6.07, 6.45) is 5.28. The maximum atomic E-state index is 15.1. The summed E-state index contributed by atoms with van der Waals surface area (Å²) in [4.78, 5) is 69.3. The number of aryl methyl sites for hydroxylation is 4. The number of alkyl halides is 2. The fourth-order valence-electron chi connectivity index (χ4n) is 8.18. The number of halogens is 2. The number of ketones is 3. The van der Waals surface area contributed by atoms with Crippen LogP contribution in [0.4, 0.5) is 8.78 Å². The summed E-state index contributed by atoms with van der Waals surface area (Å²) in [6.45, 7) is 6.75. The van der Waals surface area contributed by atoms with Crippen LogP contribution in [0.3, 0.4) is 0 Å². The summed E-state index contributed by atoms with van der Waals surface area (Å²) >= 11 is 0. The number of carbonyl (C=O) groups is 4. The predicted molar refractivity (Wildman–Crippen MR) is 185 cm³/mol. The van der Waals surface area contributed by atoms with Gasteiger partial charge in [-0.2, -0.15) is 13.9 Å². The van der Waals surface area contributed by atoms with E-state index in [0.717, 1.165) is 27.9 Å². The molecule has 0 N–H and O–H groups in total. The summed E-state index contributed by atoms with van der Waals surface area (Å²) in [6, 6.07) is 6.45. The highest BCUT2D eigenvalue weighted by Crippen LogP contribution is 2.62. The van der Waals surface area contributed by atoms with E-state index in [4.69, 9.17) is 5.10 Å². The molecular weight excluding hydrogens is 654 g/mol. The molecule has 1 saturated carbocycles. The predicted octanol–water partition coefficient (Wildman–Crippen LogP) is 6.29. The van der Waals surface area contributed by atoms with E-state index in [0.29, 0.717) is 54.5 Å². The van der Waals surface area contributed by atoms with Crippen molar-refractivity contribution in [2.45, 2.75) is 116 Å². The third-order valence-electron chi connectivity index (χ3n) is 11.1. The van der Waals surface area contributed by atoms with Crippen LogP contribution in [-0.4, -0.2) is 70.9 Å². The Hall–Kier alpha value is -4.74. The highest BCUT2D eigenvalue weighted by Gasteiger charge is 2.66. The largest absolute Gasteiger partial charge is 0.327 e. The molecule has 3 aromatic heterocycles. The van der Waals surface area contributed by atoms with Gasteiger partial charge >= 0.3 is 5.92 Å². The minimum absolute atomic E-state index is 0.0244. The van der Waals surface area contributed by atoms with Crippen LogP contribution in [-0.2, 0) is 33.8 Å². The molecule has 1 aliphatic carbocycles. The molecule has 0 spiro atoms. The second kappa shape index (κ2) is 13.1. The number of hydrogen-bond acceptors (Lipinski definition) is 8. The lowest BCUT2D eigenvalue weighted by Gasteiger charge is -2.27. The van der Waals surface area contributed by atoms with E-state index in [1.165, 1.54) is 6.92 Å². The van der Waals surface area contributed by atoms with Gasteiger partial charge in [-0.15, -0.1) is 0 Å². The molecule has 2 bridgehead atoms. The molecule has 1 saturated heterocycles. The van der Waals surface area contributed by atoms with E-state index in [1.54, 1.807) is 28.9 Å². The quantitative estimate of drug-likeness (QED) is 0.223. The Kier molecular flexibility index (Phi) is 8.91. The molecule has 7 rings (SSSR count). The van der Waals surface area contributed by atoms with Crippen molar-refractivity contribution >= 4 is 34.2 Å². The van der Waals surface area contributed by atoms with Gasteiger partial charge in [0.05, 0.1) is 23.7 Å². The Morgan fingerprint density at radius 2 is 1.71 bits per heavy atom. The second-order valence-electron chi connectivity index (χ2n) is 14.8. The molecule has 0 unspecified atom stereocenters. The molecule has 4 aromatic rings. The fraction of sp³-hybridized carbons (Fsp3) is 0.487. The maximum Gasteiger partial charge on any atom is 0.305 e. The first-order valence-corrected chi connectivity index (χ1v) is 17.8. The summed E-state index contributed by atoms with van der Waals surface area (Å²) in [7, 11) is 0. The average Bonchev–Trinajstić information content (AvgIpc) is 3.49. The minimum Gasteiger partial charge on any atom is -0.327 e. The first-order chi connectivity index (χ1) is 24.3. The summed E-state index contributed by atoms with van der Waals surface area (Å²) in [5.74, 6) is -4.69. The molecule has 2 aliphatic heterocycles. The van der Waals surface area contributed by atoms with Gasteiger partial charge in [0.25, 0.3) is 0 Å². The molecule has 0 radical (unpaired) electrons. The molecule has 266 valence electrons. The van der Waals surface area contributed by atoms with Crippen LogP contribution in [0, 0.1) is 26.2 Å². The molecule has 3 atom stereocenters. The van der Waals surface area contributed by atoms with Crippen LogP contribution in [0.2, 0.25) is 0 Å². The number of Topliss-reactive ketones (excluding diaryl/α,β-unsaturated/α-hetero) is 3. The topological polar surface area (TPSA) is 128 Å². The van der Waals surface area contributed by atoms with Gasteiger partial charge in [-0.3, -0.25) is 28.8 Å². The Morgan fingerprint density at radius 1 is 0.941 bits per heavy atom. The van der Waals surface area contributed by atoms with Gasteiger partial charge in [-0.25, -0.2) is 9.97 Å². The summed E-state index contributed by atoms with van der Waals surface area (Å²) in [5, 5.41) is 5.27. The maximum absolute atomic E-state index is 15.1. The number of hydrogen-bond donors (Lipinski definition) is 0. The molecule has 51 heavy (non-hydrogen) atoms. The Bertz CT molecular complexity index is 2080. The van der Waals surface area contributed by atoms with Gasteiger partial charge in [0, 0.05) is 54.8 Å². The Morgan fingerprint density at radius 3 is 2.45 bits per heavy atom. The highest BCUT2D eigenvalue weighted by atomic mass is 19.3. The first kappa shape index (κ1) is 34.7. The monoisotopic (exact) mass is 696 g/mol. The number of pyridine rings is 1. The normalized spacial score (nSPS) is 23.6. The average molecular weight is 697 g/mol. The van der Waals surface area contributed by atoms with E-state index in [1.807, 2.05) is 38.1 Å². The molecule has 12 heteroatoms. The molecular formula is C39H42F2N6O4. The molecule has 2 fully saturated rings. The second-order valence-corrected chi connectivity index (χ2v) is 14.8. The Labute approximate surface area is 295 Å². The van der Waals surface area contributed by atoms with Crippen molar-refractivity contribution in [3.8, 4) is 11.1 Å². The van der Waals surface area contributed by atoms with Gasteiger partial charge in [-0.05, 0) is 99.6 Å². The van der Waals surface area contributed by atoms with Gasteiger partial charge in [0.15, 0.2) is 11.6 Å². The van der Waals surface area contributed by atoms with Crippen molar-refractivity contribution in [2.75, 3.05) is 0 Å². The minimum atomic E-state index is -3.44. The van der Waals surface area contributed by atoms with Crippen LogP contribution in [0.5, 0.6) is 0 Å². The molecule has 1 amide bonds. The van der Waals surface area contributed by atoms with Crippen molar-refractivity contribution in [3.05, 3.63) is 70.7 Å². The number of rotatable bonds is 5. The van der Waals surface area contributed by atoms with E-state index in [9.17, 15) is 19.2 Å². The van der Waals surface area contributed by atoms with Crippen LogP contribution in [0.15, 0.2) is 36.7 Å². The summed E-state index contributed by atoms with van der Waals surface area (Å²) in [5.41, 5.74) is 4.84. The van der Waals surface area contributed by atoms with Gasteiger partial charge in [0.2, 0.25) is 11.7 Å². The van der Waals surface area contributed by atoms with Crippen molar-refractivity contribution in [1.29, 1.82) is 0 Å². The lowest BCUT2D eigenvalue weighted by molar-refractivity contribution is -0.144. The van der Waals surface area contributed by atoms with Crippen molar-refractivity contribution in [2.24, 2.45) is 5.41 Å². The number of piperidine rings is 1. The Balaban J connectivity index is 1.31. The van der Waals surface area contributed by atoms with E-state index in [-0.39, 0.29) is 61.4 Å². The zero-order valence-corrected chi connectivity index (χ0v) is 29.5. The smallest absolute Gasteiger partial charge is 0.305 e. The number of nitrogens with zero attached hydrogens (tertiary/aromatic N) is 6. The number of aromatic nitrogens is 5. The van der Waals surface area contributed by atoms with Crippen LogP contribution in [0.25, 0.3) is 22.0 Å². The van der Waals surface area contributed by atoms with Crippen LogP contribution in [0.1, 0.15) is 97.1 Å². The zero-order valence-electron chi connectivity index (χ0n) is 29.5. The van der Waals surface area contributed by atoms with Crippen molar-refractivity contribution in [1.82, 2.24) is 29.6 Å². The SMILES string of the molecule is CC(=O)c1nn2c3c(cc(-c4cnc(C)nc4)cc13)CCCCCC(F)(F)C(=O)CC[C@@]13C[C@@H](C(=O)Cc4nc(C)ccc4C)N(C(=O)C2)[C@@H]1C3. The third-order valence-corrected chi connectivity index (χ3v) is 11.1. The lowest BCUT2D eigenvalue weighted by Crippen LogP contribution is -2.45. The lowest BCUT2D eigenvalue weighted by atomic mass is 9.89. The highest BCUT2D eigenvalue weighted by molar-refractivity contribution is 6.07. The van der Waals surface area contributed by atoms with E-state index < -0.39 is 29.6 Å². The van der Waals surface area contributed by atoms with Crippen molar-refractivity contribution < 1.29 is 28.0 Å². The van der Waals surface area contributed by atoms with Gasteiger partial charge < -0.3 is 4.90 Å². The fourth-order valence-corrected chi connectivity index (χ4v) is 8.18. The van der Waals surface area contributed by atoms with E-state index >= 15 is 8.78 Å². The van der Waals surface area contributed by atoms with Crippen LogP contribution < -0.4 is 0 Å². The first-order valence-electron chi connectivity index (χ1n) is 17.8. The van der Waals surface area contributed by atoms with E-state index in [2.05, 4.69) is 15.0 Å². The molecule has 1 aromatic carbocycles. The van der Waals surface area contributed by atoms with Crippen molar-refractivity contribution in [3.63, 3.8) is 0 Å². The molecule has 5 heterocycles. The number of carbonyl (C=O) groups excluding carboxylic acids is 4. The molecule has 3 aliphatic rings. The standard InChI is InChI=1S/C39H42F2N6O4/c1-22-9-10-23(2)44-30(22)16-32(49)31-17-38-13-11-34(50)39(40,41)12-7-5-6-8-26-14-27(28-19-42-25(4)43-20-28)15-29-36(24(3)48)45-46(37(26)29)21-35(51)47(31)33(38)18-38/h9-10,14-15,19-20,31,33H,5-8,11-13,16-18,21H2,1-4H3/t31-,33+,38-/m0/s1. The van der Waals surface area contributed by atoms with Gasteiger partial charge in [-0.1, -0.05) is 12.5 Å². The summed E-state index contributed by atoms with van der Waals surface area (Å²) < 4.78 is 31.8. The third kappa shape index (κ3) is 6.60. The number of benzene rings is 1. The van der Waals surface area contributed by atoms with Crippen LogP contribution >= 0.6 is 0 Å². The van der Waals surface area contributed by atoms with Gasteiger partial charge in [0.1, 0.15) is 18.1 Å². The zero-order chi connectivity index (χ0) is 36.2. The number of amides is 1.